The fourth-order valence-electron chi connectivity index (χ4n) is 1.66. The molecule has 0 saturated carbocycles. The number of ether oxygens (including phenoxy) is 1. The SMILES string of the molecule is CCOC(=O)CC(N)c1cc([N+](=O)[O-])cc([N+](=O)[O-])c1O. The molecule has 0 aromatic heterocycles. The minimum atomic E-state index is -1.16. The molecule has 0 spiro atoms. The number of nitrogens with zero attached hydrogens (tertiary/aromatic N) is 2. The molecule has 114 valence electrons. The van der Waals surface area contributed by atoms with Crippen LogP contribution in [0.1, 0.15) is 24.9 Å². The van der Waals surface area contributed by atoms with E-state index in [1.807, 2.05) is 0 Å². The Labute approximate surface area is 118 Å². The lowest BCUT2D eigenvalue weighted by atomic mass is 10.0. The van der Waals surface area contributed by atoms with Crippen LogP contribution in [0.25, 0.3) is 0 Å². The Bertz CT molecular complexity index is 587. The van der Waals surface area contributed by atoms with Gasteiger partial charge in [0.2, 0.25) is 0 Å². The van der Waals surface area contributed by atoms with E-state index in [2.05, 4.69) is 4.74 Å². The molecule has 21 heavy (non-hydrogen) atoms. The van der Waals surface area contributed by atoms with Crippen LogP contribution < -0.4 is 5.73 Å². The average molecular weight is 299 g/mol. The standard InChI is InChI=1S/C11H13N3O7/c1-2-21-10(15)5-8(12)7-3-6(13(17)18)4-9(11(7)16)14(19)20/h3-4,8,16H,2,5,12H2,1H3. The number of carbonyl (C=O) groups is 1. The molecular weight excluding hydrogens is 286 g/mol. The predicted octanol–water partition coefficient (Wildman–Crippen LogP) is 1.16. The number of nitro benzene ring substituents is 2. The number of benzene rings is 1. The molecule has 0 bridgehead atoms. The maximum atomic E-state index is 11.3. The highest BCUT2D eigenvalue weighted by Crippen LogP contribution is 2.37. The smallest absolute Gasteiger partial charge is 0.317 e. The average Bonchev–Trinajstić information content (AvgIpc) is 2.38. The fourth-order valence-corrected chi connectivity index (χ4v) is 1.66. The van der Waals surface area contributed by atoms with Crippen molar-refractivity contribution in [1.29, 1.82) is 0 Å². The van der Waals surface area contributed by atoms with Gasteiger partial charge in [-0.1, -0.05) is 0 Å². The second-order valence-corrected chi connectivity index (χ2v) is 4.03. The molecule has 0 saturated heterocycles. The van der Waals surface area contributed by atoms with Gasteiger partial charge in [0.05, 0.1) is 28.9 Å². The summed E-state index contributed by atoms with van der Waals surface area (Å²) in [5.41, 5.74) is 3.95. The Kier molecular flexibility index (Phi) is 5.13. The lowest BCUT2D eigenvalue weighted by Gasteiger charge is -2.12. The van der Waals surface area contributed by atoms with E-state index in [0.717, 1.165) is 6.07 Å². The van der Waals surface area contributed by atoms with Gasteiger partial charge >= 0.3 is 11.7 Å². The fraction of sp³-hybridized carbons (Fsp3) is 0.364. The Hall–Kier alpha value is -2.75. The number of non-ortho nitro benzene ring substituents is 1. The second-order valence-electron chi connectivity index (χ2n) is 4.03. The zero-order valence-corrected chi connectivity index (χ0v) is 11.0. The van der Waals surface area contributed by atoms with Crippen molar-refractivity contribution in [1.82, 2.24) is 0 Å². The second kappa shape index (κ2) is 6.61. The number of phenolic OH excluding ortho intramolecular Hbond substituents is 1. The number of aromatic hydroxyl groups is 1. The highest BCUT2D eigenvalue weighted by molar-refractivity contribution is 5.71. The largest absolute Gasteiger partial charge is 0.502 e. The van der Waals surface area contributed by atoms with Crippen molar-refractivity contribution >= 4 is 17.3 Å². The quantitative estimate of drug-likeness (QED) is 0.449. The van der Waals surface area contributed by atoms with Gasteiger partial charge in [-0.05, 0) is 6.92 Å². The van der Waals surface area contributed by atoms with Gasteiger partial charge in [-0.2, -0.15) is 0 Å². The van der Waals surface area contributed by atoms with Crippen LogP contribution in [0.4, 0.5) is 11.4 Å². The van der Waals surface area contributed by atoms with E-state index in [9.17, 15) is 30.1 Å². The number of esters is 1. The zero-order chi connectivity index (χ0) is 16.2. The molecule has 1 unspecified atom stereocenters. The summed E-state index contributed by atoms with van der Waals surface area (Å²) in [6.07, 6.45) is -0.375. The number of hydrogen-bond donors (Lipinski definition) is 2. The summed E-state index contributed by atoms with van der Waals surface area (Å²) in [7, 11) is 0. The maximum Gasteiger partial charge on any atom is 0.317 e. The van der Waals surface area contributed by atoms with Crippen molar-refractivity contribution in [2.45, 2.75) is 19.4 Å². The monoisotopic (exact) mass is 299 g/mol. The van der Waals surface area contributed by atoms with E-state index in [-0.39, 0.29) is 18.6 Å². The molecule has 0 aliphatic rings. The van der Waals surface area contributed by atoms with Crippen LogP contribution in [0.3, 0.4) is 0 Å². The highest BCUT2D eigenvalue weighted by Gasteiger charge is 2.27. The van der Waals surface area contributed by atoms with Crippen LogP contribution >= 0.6 is 0 Å². The van der Waals surface area contributed by atoms with Crippen molar-refractivity contribution in [3.63, 3.8) is 0 Å². The molecule has 0 amide bonds. The van der Waals surface area contributed by atoms with Gasteiger partial charge in [0, 0.05) is 17.7 Å². The van der Waals surface area contributed by atoms with Gasteiger partial charge < -0.3 is 15.6 Å². The Morgan fingerprint density at radius 2 is 2.00 bits per heavy atom. The minimum Gasteiger partial charge on any atom is -0.502 e. The van der Waals surface area contributed by atoms with Crippen molar-refractivity contribution in [3.05, 3.63) is 37.9 Å². The van der Waals surface area contributed by atoms with E-state index in [1.54, 1.807) is 6.92 Å². The molecule has 1 aromatic rings. The summed E-state index contributed by atoms with van der Waals surface area (Å²) < 4.78 is 4.66. The van der Waals surface area contributed by atoms with Gasteiger partial charge in [0.15, 0.2) is 5.75 Å². The Morgan fingerprint density at radius 3 is 2.48 bits per heavy atom. The number of rotatable bonds is 6. The van der Waals surface area contributed by atoms with Gasteiger partial charge in [-0.25, -0.2) is 0 Å². The summed E-state index contributed by atoms with van der Waals surface area (Å²) in [5, 5.41) is 31.3. The number of nitro groups is 2. The molecule has 1 atom stereocenters. The van der Waals surface area contributed by atoms with Crippen LogP contribution in [-0.2, 0) is 9.53 Å². The molecule has 3 N–H and O–H groups in total. The molecule has 0 heterocycles. The van der Waals surface area contributed by atoms with Gasteiger partial charge in [0.1, 0.15) is 0 Å². The lowest BCUT2D eigenvalue weighted by Crippen LogP contribution is -2.18. The van der Waals surface area contributed by atoms with Crippen LogP contribution in [0, 0.1) is 20.2 Å². The van der Waals surface area contributed by atoms with E-state index in [0.29, 0.717) is 6.07 Å². The first-order chi connectivity index (χ1) is 9.77. The highest BCUT2D eigenvalue weighted by atomic mass is 16.6. The zero-order valence-electron chi connectivity index (χ0n) is 11.0. The predicted molar refractivity (Wildman–Crippen MR) is 69.6 cm³/mol. The van der Waals surface area contributed by atoms with Crippen molar-refractivity contribution < 1.29 is 24.5 Å². The van der Waals surface area contributed by atoms with Crippen molar-refractivity contribution in [2.75, 3.05) is 6.61 Å². The van der Waals surface area contributed by atoms with Crippen LogP contribution in [0.5, 0.6) is 5.75 Å². The van der Waals surface area contributed by atoms with Crippen molar-refractivity contribution in [2.24, 2.45) is 5.73 Å². The van der Waals surface area contributed by atoms with Crippen LogP contribution in [0.2, 0.25) is 0 Å². The summed E-state index contributed by atoms with van der Waals surface area (Å²) in [6.45, 7) is 1.70. The van der Waals surface area contributed by atoms with Gasteiger partial charge in [-0.15, -0.1) is 0 Å². The third-order valence-electron chi connectivity index (χ3n) is 2.60. The molecule has 0 fully saturated rings. The molecule has 0 aliphatic carbocycles. The molecule has 10 nitrogen and oxygen atoms in total. The summed E-state index contributed by atoms with van der Waals surface area (Å²) in [4.78, 5) is 31.0. The number of carbonyl (C=O) groups excluding carboxylic acids is 1. The Balaban J connectivity index is 3.24. The maximum absolute atomic E-state index is 11.3. The molecule has 1 rings (SSSR count). The first-order valence-corrected chi connectivity index (χ1v) is 5.84. The number of nitrogens with two attached hydrogens (primary N) is 1. The molecule has 10 heteroatoms. The summed E-state index contributed by atoms with van der Waals surface area (Å²) >= 11 is 0. The summed E-state index contributed by atoms with van der Waals surface area (Å²) in [5.74, 6) is -1.49. The lowest BCUT2D eigenvalue weighted by molar-refractivity contribution is -0.394. The van der Waals surface area contributed by atoms with Crippen LogP contribution in [0.15, 0.2) is 12.1 Å². The minimum absolute atomic E-state index is 0.118. The molecule has 0 aliphatic heterocycles. The Morgan fingerprint density at radius 1 is 1.38 bits per heavy atom. The third kappa shape index (κ3) is 3.86. The summed E-state index contributed by atoms with van der Waals surface area (Å²) in [6, 6.07) is 0.352. The van der Waals surface area contributed by atoms with E-state index < -0.39 is 39.0 Å². The van der Waals surface area contributed by atoms with E-state index in [4.69, 9.17) is 5.73 Å². The molecule has 1 aromatic carbocycles. The topological polar surface area (TPSA) is 159 Å². The van der Waals surface area contributed by atoms with Crippen molar-refractivity contribution in [3.8, 4) is 5.75 Å². The van der Waals surface area contributed by atoms with E-state index >= 15 is 0 Å². The van der Waals surface area contributed by atoms with Crippen LogP contribution in [-0.4, -0.2) is 27.5 Å². The normalized spacial score (nSPS) is 11.7. The molecule has 0 radical (unpaired) electrons. The molecular formula is C11H13N3O7. The van der Waals surface area contributed by atoms with E-state index in [1.165, 1.54) is 0 Å². The third-order valence-corrected chi connectivity index (χ3v) is 2.60. The van der Waals surface area contributed by atoms with Gasteiger partial charge in [0.25, 0.3) is 5.69 Å². The first kappa shape index (κ1) is 16.3. The first-order valence-electron chi connectivity index (χ1n) is 5.84. The van der Waals surface area contributed by atoms with Gasteiger partial charge in [-0.3, -0.25) is 25.0 Å². The number of phenols is 1. The number of hydrogen-bond acceptors (Lipinski definition) is 8.